The van der Waals surface area contributed by atoms with Crippen molar-refractivity contribution in [1.29, 1.82) is 0 Å². The van der Waals surface area contributed by atoms with Crippen molar-refractivity contribution in [3.05, 3.63) is 22.2 Å². The lowest BCUT2D eigenvalue weighted by atomic mass is 10.1. The molecule has 0 radical (unpaired) electrons. The minimum Gasteiger partial charge on any atom is -0.493 e. The summed E-state index contributed by atoms with van der Waals surface area (Å²) < 4.78 is 11.7. The van der Waals surface area contributed by atoms with E-state index in [1.54, 1.807) is 13.2 Å². The number of hydrogen-bond acceptors (Lipinski definition) is 5. The molecule has 1 aliphatic rings. The monoisotopic (exact) mass is 371 g/mol. The van der Waals surface area contributed by atoms with Crippen LogP contribution in [0.4, 0.5) is 0 Å². The van der Waals surface area contributed by atoms with Crippen LogP contribution in [0.15, 0.2) is 16.6 Å². The first-order chi connectivity index (χ1) is 10.1. The van der Waals surface area contributed by atoms with E-state index < -0.39 is 12.0 Å². The van der Waals surface area contributed by atoms with Gasteiger partial charge in [-0.1, -0.05) is 21.9 Å². The highest BCUT2D eigenvalue weighted by Crippen LogP contribution is 2.43. The van der Waals surface area contributed by atoms with Crippen LogP contribution in [0.2, 0.25) is 0 Å². The lowest BCUT2D eigenvalue weighted by Gasteiger charge is -2.19. The first kappa shape index (κ1) is 16.0. The molecule has 0 amide bonds. The van der Waals surface area contributed by atoms with Gasteiger partial charge in [0.25, 0.3) is 0 Å². The number of rotatable bonds is 5. The van der Waals surface area contributed by atoms with E-state index in [9.17, 15) is 4.79 Å². The Morgan fingerprint density at radius 3 is 3.00 bits per heavy atom. The first-order valence-electron chi connectivity index (χ1n) is 6.11. The maximum Gasteiger partial charge on any atom is 0.321 e. The Kier molecular flexibility index (Phi) is 5.39. The smallest absolute Gasteiger partial charge is 0.321 e. The second kappa shape index (κ2) is 7.07. The van der Waals surface area contributed by atoms with Gasteiger partial charge in [0.05, 0.1) is 12.5 Å². The standard InChI is InChI=1S/C14H14BrNO4S/c1-3-4-20-12-9(5-8(15)6-11(12)19-2)13-16-10(7-21-13)14(17)18/h1,5-6,10,13,16H,4,7H2,2H3,(H,17,18)/t10-,13-/m0/s1. The molecular formula is C14H14BrNO4S. The normalized spacial score (nSPS) is 20.8. The summed E-state index contributed by atoms with van der Waals surface area (Å²) in [4.78, 5) is 11.1. The van der Waals surface area contributed by atoms with Crippen molar-refractivity contribution in [1.82, 2.24) is 5.32 Å². The Labute approximate surface area is 135 Å². The SMILES string of the molecule is C#CCOc1c(OC)cc(Br)cc1[C@H]1N[C@H](C(=O)O)CS1. The van der Waals surface area contributed by atoms with Crippen LogP contribution in [0, 0.1) is 12.3 Å². The van der Waals surface area contributed by atoms with E-state index in [-0.39, 0.29) is 12.0 Å². The van der Waals surface area contributed by atoms with E-state index in [1.165, 1.54) is 11.8 Å². The number of carboxylic acid groups (broad SMARTS) is 1. The molecule has 1 saturated heterocycles. The minimum atomic E-state index is -0.863. The van der Waals surface area contributed by atoms with Crippen molar-refractivity contribution in [3.63, 3.8) is 0 Å². The summed E-state index contributed by atoms with van der Waals surface area (Å²) in [5, 5.41) is 11.9. The van der Waals surface area contributed by atoms with Gasteiger partial charge in [-0.15, -0.1) is 18.2 Å². The molecule has 1 aliphatic heterocycles. The summed E-state index contributed by atoms with van der Waals surface area (Å²) in [6, 6.07) is 3.08. The first-order valence-corrected chi connectivity index (χ1v) is 7.95. The molecule has 1 fully saturated rings. The van der Waals surface area contributed by atoms with Crippen molar-refractivity contribution in [3.8, 4) is 23.8 Å². The highest BCUT2D eigenvalue weighted by Gasteiger charge is 2.33. The van der Waals surface area contributed by atoms with Gasteiger partial charge in [0.15, 0.2) is 11.5 Å². The van der Waals surface area contributed by atoms with Crippen LogP contribution in [0.3, 0.4) is 0 Å². The van der Waals surface area contributed by atoms with E-state index in [1.807, 2.05) is 6.07 Å². The molecule has 2 N–H and O–H groups in total. The molecule has 1 aromatic carbocycles. The third kappa shape index (κ3) is 3.64. The van der Waals surface area contributed by atoms with E-state index in [4.69, 9.17) is 21.0 Å². The van der Waals surface area contributed by atoms with Gasteiger partial charge in [0, 0.05) is 15.8 Å². The Morgan fingerprint density at radius 1 is 1.67 bits per heavy atom. The molecule has 1 aromatic rings. The van der Waals surface area contributed by atoms with Crippen LogP contribution in [-0.2, 0) is 4.79 Å². The number of terminal acetylenes is 1. The van der Waals surface area contributed by atoms with Gasteiger partial charge in [-0.25, -0.2) is 0 Å². The molecule has 0 saturated carbocycles. The summed E-state index contributed by atoms with van der Waals surface area (Å²) in [5.74, 6) is 3.13. The zero-order valence-corrected chi connectivity index (χ0v) is 13.7. The van der Waals surface area contributed by atoms with Crippen LogP contribution in [-0.4, -0.2) is 36.6 Å². The fraction of sp³-hybridized carbons (Fsp3) is 0.357. The highest BCUT2D eigenvalue weighted by atomic mass is 79.9. The number of hydrogen-bond donors (Lipinski definition) is 2. The Hall–Kier alpha value is -1.36. The molecule has 0 bridgehead atoms. The third-order valence-electron chi connectivity index (χ3n) is 2.93. The summed E-state index contributed by atoms with van der Waals surface area (Å²) >= 11 is 4.93. The molecular weight excluding hydrogens is 358 g/mol. The van der Waals surface area contributed by atoms with Crippen molar-refractivity contribution < 1.29 is 19.4 Å². The van der Waals surface area contributed by atoms with Crippen molar-refractivity contribution in [2.45, 2.75) is 11.4 Å². The highest BCUT2D eigenvalue weighted by molar-refractivity contribution is 9.10. The molecule has 1 heterocycles. The second-order valence-electron chi connectivity index (χ2n) is 4.29. The lowest BCUT2D eigenvalue weighted by molar-refractivity contribution is -0.138. The summed E-state index contributed by atoms with van der Waals surface area (Å²) in [7, 11) is 1.55. The van der Waals surface area contributed by atoms with Gasteiger partial charge in [-0.3, -0.25) is 10.1 Å². The third-order valence-corrected chi connectivity index (χ3v) is 4.64. The molecule has 0 spiro atoms. The van der Waals surface area contributed by atoms with Crippen LogP contribution < -0.4 is 14.8 Å². The molecule has 7 heteroatoms. The zero-order valence-electron chi connectivity index (χ0n) is 11.3. The maximum atomic E-state index is 11.1. The average molecular weight is 372 g/mol. The summed E-state index contributed by atoms with van der Waals surface area (Å²) in [6.45, 7) is 0.116. The van der Waals surface area contributed by atoms with Crippen LogP contribution >= 0.6 is 27.7 Å². The zero-order chi connectivity index (χ0) is 15.4. The van der Waals surface area contributed by atoms with E-state index >= 15 is 0 Å². The molecule has 2 rings (SSSR count). The molecule has 0 aromatic heterocycles. The molecule has 2 atom stereocenters. The van der Waals surface area contributed by atoms with Crippen LogP contribution in [0.25, 0.3) is 0 Å². The fourth-order valence-electron chi connectivity index (χ4n) is 2.00. The van der Waals surface area contributed by atoms with Crippen molar-refractivity contribution >= 4 is 33.7 Å². The maximum absolute atomic E-state index is 11.1. The average Bonchev–Trinajstić information content (AvgIpc) is 2.95. The number of halogens is 1. The Bertz CT molecular complexity index is 587. The summed E-state index contributed by atoms with van der Waals surface area (Å²) in [5.41, 5.74) is 0.810. The lowest BCUT2D eigenvalue weighted by Crippen LogP contribution is -2.33. The number of nitrogens with one attached hydrogen (secondary N) is 1. The molecule has 5 nitrogen and oxygen atoms in total. The number of carboxylic acids is 1. The van der Waals surface area contributed by atoms with E-state index in [0.29, 0.717) is 17.3 Å². The van der Waals surface area contributed by atoms with Gasteiger partial charge >= 0.3 is 5.97 Å². The second-order valence-corrected chi connectivity index (χ2v) is 6.34. The predicted molar refractivity (Wildman–Crippen MR) is 84.8 cm³/mol. The largest absolute Gasteiger partial charge is 0.493 e. The number of benzene rings is 1. The van der Waals surface area contributed by atoms with Gasteiger partial charge in [-0.05, 0) is 12.1 Å². The predicted octanol–water partition coefficient (Wildman–Crippen LogP) is 2.26. The van der Waals surface area contributed by atoms with Crippen LogP contribution in [0.5, 0.6) is 11.5 Å². The van der Waals surface area contributed by atoms with Gasteiger partial charge in [-0.2, -0.15) is 0 Å². The number of carbonyl (C=O) groups is 1. The van der Waals surface area contributed by atoms with Crippen LogP contribution in [0.1, 0.15) is 10.9 Å². The topological polar surface area (TPSA) is 67.8 Å². The van der Waals surface area contributed by atoms with Gasteiger partial charge < -0.3 is 14.6 Å². The minimum absolute atomic E-state index is 0.116. The number of aliphatic carboxylic acids is 1. The van der Waals surface area contributed by atoms with E-state index in [2.05, 4.69) is 27.2 Å². The molecule has 0 unspecified atom stereocenters. The van der Waals surface area contributed by atoms with Gasteiger partial charge in [0.2, 0.25) is 0 Å². The summed E-state index contributed by atoms with van der Waals surface area (Å²) in [6.07, 6.45) is 5.24. The number of thioether (sulfide) groups is 1. The number of methoxy groups -OCH3 is 1. The Balaban J connectivity index is 2.35. The Morgan fingerprint density at radius 2 is 2.43 bits per heavy atom. The van der Waals surface area contributed by atoms with Gasteiger partial charge in [0.1, 0.15) is 12.6 Å². The fourth-order valence-corrected chi connectivity index (χ4v) is 3.69. The molecule has 21 heavy (non-hydrogen) atoms. The number of ether oxygens (including phenoxy) is 2. The molecule has 0 aliphatic carbocycles. The molecule has 112 valence electrons. The van der Waals surface area contributed by atoms with Crippen molar-refractivity contribution in [2.75, 3.05) is 19.5 Å². The quantitative estimate of drug-likeness (QED) is 0.773. The van der Waals surface area contributed by atoms with Crippen molar-refractivity contribution in [2.24, 2.45) is 0 Å². The van der Waals surface area contributed by atoms with E-state index in [0.717, 1.165) is 10.0 Å².